The van der Waals surface area contributed by atoms with Crippen LogP contribution in [0.15, 0.2) is 146 Å². The van der Waals surface area contributed by atoms with Gasteiger partial charge in [0.1, 0.15) is 5.69 Å². The van der Waals surface area contributed by atoms with Crippen LogP contribution in [0, 0.1) is 6.92 Å². The number of hydrogen-bond donors (Lipinski definition) is 0. The molecule has 3 nitrogen and oxygen atoms in total. The van der Waals surface area contributed by atoms with Crippen molar-refractivity contribution in [2.45, 2.75) is 6.92 Å². The molecule has 0 atom stereocenters. The number of aryl methyl sites for hydroxylation is 1. The Bertz CT molecular complexity index is 2170. The molecule has 2 aliphatic heterocycles. The Balaban J connectivity index is 1.48. The van der Waals surface area contributed by atoms with Crippen LogP contribution in [-0.4, -0.2) is 11.4 Å². The van der Waals surface area contributed by atoms with E-state index >= 15 is 0 Å². The average molecular weight is 536 g/mol. The van der Waals surface area contributed by atoms with Gasteiger partial charge in [0.05, 0.1) is 5.56 Å². The Morgan fingerprint density at radius 2 is 1.14 bits per heavy atom. The molecule has 0 saturated heterocycles. The van der Waals surface area contributed by atoms with Gasteiger partial charge in [-0.25, -0.2) is 0 Å². The summed E-state index contributed by atoms with van der Waals surface area (Å²) in [6.45, 7) is 2.24. The van der Waals surface area contributed by atoms with Crippen molar-refractivity contribution in [2.75, 3.05) is 4.90 Å². The molecule has 9 rings (SSSR count). The fourth-order valence-electron chi connectivity index (χ4n) is 7.28. The van der Waals surface area contributed by atoms with Crippen LogP contribution < -0.4 is 20.3 Å². The van der Waals surface area contributed by atoms with Gasteiger partial charge in [-0.1, -0.05) is 91.0 Å². The molecule has 1 aromatic heterocycles. The van der Waals surface area contributed by atoms with Gasteiger partial charge in [0.25, 0.3) is 5.82 Å². The lowest BCUT2D eigenvalue weighted by atomic mass is 9.45. The van der Waals surface area contributed by atoms with Gasteiger partial charge in [-0.05, 0) is 78.1 Å². The minimum atomic E-state index is 0.0179. The fourth-order valence-corrected chi connectivity index (χ4v) is 7.28. The van der Waals surface area contributed by atoms with Crippen molar-refractivity contribution < 1.29 is 4.48 Å². The highest BCUT2D eigenvalue weighted by molar-refractivity contribution is 6.83. The Labute approximate surface area is 245 Å². The first-order chi connectivity index (χ1) is 20.8. The minimum Gasteiger partial charge on any atom is -0.311 e. The van der Waals surface area contributed by atoms with E-state index in [0.29, 0.717) is 0 Å². The number of aromatic nitrogens is 2. The van der Waals surface area contributed by atoms with Crippen LogP contribution in [0.25, 0.3) is 39.2 Å². The monoisotopic (exact) mass is 536 g/mol. The van der Waals surface area contributed by atoms with Gasteiger partial charge in [0.15, 0.2) is 11.0 Å². The van der Waals surface area contributed by atoms with Crippen LogP contribution >= 0.6 is 0 Å². The zero-order valence-corrected chi connectivity index (χ0v) is 23.3. The smallest absolute Gasteiger partial charge is 0.311 e. The maximum Gasteiger partial charge on any atom is 0.452 e. The number of benzene rings is 6. The SMILES string of the molecule is Cc1ccccc1-c1n(-c2ccccc2)c2cccc3c2[n+]1B1c2ccccc2N(c2ccccc2)c2cccc-3c21. The Hall–Kier alpha value is -5.35. The number of para-hydroxylation sites is 4. The van der Waals surface area contributed by atoms with E-state index in [4.69, 9.17) is 0 Å². The van der Waals surface area contributed by atoms with Crippen molar-refractivity contribution >= 4 is 45.9 Å². The maximum absolute atomic E-state index is 2.63. The van der Waals surface area contributed by atoms with Crippen LogP contribution in [0.3, 0.4) is 0 Å². The highest BCUT2D eigenvalue weighted by Gasteiger charge is 2.49. The highest BCUT2D eigenvalue weighted by atomic mass is 15.2. The van der Waals surface area contributed by atoms with Crippen molar-refractivity contribution in [1.82, 2.24) is 4.57 Å². The molecule has 6 aromatic carbocycles. The van der Waals surface area contributed by atoms with Gasteiger partial charge in [0.2, 0.25) is 0 Å². The molecule has 0 N–H and O–H groups in total. The minimum absolute atomic E-state index is 0.0179. The van der Waals surface area contributed by atoms with Gasteiger partial charge in [0, 0.05) is 28.1 Å². The predicted molar refractivity (Wildman–Crippen MR) is 174 cm³/mol. The second-order valence-electron chi connectivity index (χ2n) is 11.2. The van der Waals surface area contributed by atoms with Crippen LogP contribution in [0.4, 0.5) is 17.1 Å². The van der Waals surface area contributed by atoms with E-state index in [1.54, 1.807) is 0 Å². The third-order valence-electron chi connectivity index (χ3n) is 8.97. The third kappa shape index (κ3) is 3.09. The Morgan fingerprint density at radius 1 is 0.524 bits per heavy atom. The van der Waals surface area contributed by atoms with E-state index in [0.717, 1.165) is 5.69 Å². The summed E-state index contributed by atoms with van der Waals surface area (Å²) in [6.07, 6.45) is 0. The molecule has 3 heterocycles. The number of nitrogens with zero attached hydrogens (tertiary/aromatic N) is 3. The number of imidazole rings is 1. The summed E-state index contributed by atoms with van der Waals surface area (Å²) in [4.78, 5) is 2.44. The van der Waals surface area contributed by atoms with Crippen molar-refractivity contribution in [3.63, 3.8) is 0 Å². The van der Waals surface area contributed by atoms with Crippen molar-refractivity contribution in [1.29, 1.82) is 0 Å². The van der Waals surface area contributed by atoms with E-state index in [9.17, 15) is 0 Å². The molecule has 0 bridgehead atoms. The van der Waals surface area contributed by atoms with Gasteiger partial charge in [-0.2, -0.15) is 4.57 Å². The van der Waals surface area contributed by atoms with Gasteiger partial charge in [-0.3, -0.25) is 4.48 Å². The van der Waals surface area contributed by atoms with Crippen molar-refractivity contribution in [3.05, 3.63) is 151 Å². The van der Waals surface area contributed by atoms with E-state index in [-0.39, 0.29) is 6.85 Å². The fraction of sp³-hybridized carbons (Fsp3) is 0.0263. The van der Waals surface area contributed by atoms with Crippen LogP contribution in [0.5, 0.6) is 0 Å². The lowest BCUT2D eigenvalue weighted by Gasteiger charge is -2.37. The summed E-state index contributed by atoms with van der Waals surface area (Å²) in [5.74, 6) is 1.20. The number of hydrogen-bond acceptors (Lipinski definition) is 1. The lowest BCUT2D eigenvalue weighted by Crippen LogP contribution is -2.70. The summed E-state index contributed by atoms with van der Waals surface area (Å²) in [7, 11) is 0. The first kappa shape index (κ1) is 23.4. The molecular weight excluding hydrogens is 509 g/mol. The molecule has 4 heteroatoms. The lowest BCUT2D eigenvalue weighted by molar-refractivity contribution is -0.490. The van der Waals surface area contributed by atoms with E-state index in [2.05, 4.69) is 166 Å². The number of rotatable bonds is 3. The van der Waals surface area contributed by atoms with Gasteiger partial charge in [-0.15, -0.1) is 0 Å². The first-order valence-corrected chi connectivity index (χ1v) is 14.6. The molecule has 0 amide bonds. The van der Waals surface area contributed by atoms with E-state index in [1.807, 2.05) is 0 Å². The first-order valence-electron chi connectivity index (χ1n) is 14.6. The Kier molecular flexibility index (Phi) is 4.91. The van der Waals surface area contributed by atoms with Crippen LogP contribution in [-0.2, 0) is 0 Å². The van der Waals surface area contributed by atoms with Crippen LogP contribution in [0.1, 0.15) is 5.56 Å². The van der Waals surface area contributed by atoms with Crippen LogP contribution in [0.2, 0.25) is 0 Å². The second kappa shape index (κ2) is 8.83. The summed E-state index contributed by atoms with van der Waals surface area (Å²) >= 11 is 0. The Morgan fingerprint density at radius 3 is 1.95 bits per heavy atom. The molecule has 0 radical (unpaired) electrons. The summed E-state index contributed by atoms with van der Waals surface area (Å²) in [5.41, 5.74) is 15.0. The molecule has 42 heavy (non-hydrogen) atoms. The molecule has 2 aliphatic rings. The second-order valence-corrected chi connectivity index (χ2v) is 11.2. The summed E-state index contributed by atoms with van der Waals surface area (Å²) in [5, 5.41) is 0. The molecule has 0 saturated carbocycles. The van der Waals surface area contributed by atoms with Crippen molar-refractivity contribution in [3.8, 4) is 28.2 Å². The summed E-state index contributed by atoms with van der Waals surface area (Å²) in [6, 6.07) is 53.0. The van der Waals surface area contributed by atoms with Gasteiger partial charge >= 0.3 is 6.85 Å². The average Bonchev–Trinajstić information content (AvgIpc) is 3.39. The topological polar surface area (TPSA) is 12.0 Å². The van der Waals surface area contributed by atoms with Crippen molar-refractivity contribution in [2.24, 2.45) is 0 Å². The normalized spacial score (nSPS) is 12.8. The molecule has 0 unspecified atom stereocenters. The quantitative estimate of drug-likeness (QED) is 0.216. The predicted octanol–water partition coefficient (Wildman–Crippen LogP) is 7.31. The number of fused-ring (bicyclic) bond motifs is 4. The van der Waals surface area contributed by atoms with E-state index in [1.165, 1.54) is 67.1 Å². The van der Waals surface area contributed by atoms with E-state index < -0.39 is 0 Å². The zero-order chi connectivity index (χ0) is 27.8. The number of anilines is 3. The molecular formula is C38H27BN3+. The standard InChI is InChI=1S/C38H27BN3/c1-26-14-8-9-19-29(26)38-41(28-17-6-3-7-18-28)35-25-13-21-31-30-20-12-24-34-36(30)39(42(38)37(31)35)32-22-10-11-23-33(32)40(34)27-15-4-2-5-16-27/h2-25H,1H3/q+1. The van der Waals surface area contributed by atoms with Gasteiger partial charge < -0.3 is 4.90 Å². The molecule has 0 spiro atoms. The molecule has 7 aromatic rings. The molecule has 0 aliphatic carbocycles. The highest BCUT2D eigenvalue weighted by Crippen LogP contribution is 2.42. The third-order valence-corrected chi connectivity index (χ3v) is 8.97. The molecule has 0 fully saturated rings. The maximum atomic E-state index is 2.63. The largest absolute Gasteiger partial charge is 0.452 e. The molecule has 196 valence electrons. The summed E-state index contributed by atoms with van der Waals surface area (Å²) < 4.78 is 5.10. The zero-order valence-electron chi connectivity index (χ0n) is 23.3.